The number of nitriles is 1. The third-order valence-electron chi connectivity index (χ3n) is 1.85. The van der Waals surface area contributed by atoms with Crippen LogP contribution in [-0.4, -0.2) is 12.1 Å². The summed E-state index contributed by atoms with van der Waals surface area (Å²) in [6, 6.07) is 2.70. The van der Waals surface area contributed by atoms with Gasteiger partial charge >= 0.3 is 0 Å². The number of aromatic nitrogens is 1. The third-order valence-corrected chi connectivity index (χ3v) is 1.85. The van der Waals surface area contributed by atoms with Gasteiger partial charge in [0.1, 0.15) is 17.5 Å². The topological polar surface area (TPSA) is 71.9 Å². The van der Waals surface area contributed by atoms with Crippen molar-refractivity contribution in [2.75, 3.05) is 7.11 Å². The molecule has 0 aliphatic heterocycles. The minimum absolute atomic E-state index is 0.0291. The number of methoxy groups -OCH3 is 1. The van der Waals surface area contributed by atoms with E-state index in [1.165, 1.54) is 7.11 Å². The van der Waals surface area contributed by atoms with Gasteiger partial charge in [-0.05, 0) is 6.07 Å². The lowest BCUT2D eigenvalue weighted by molar-refractivity contribution is 0.150. The first-order chi connectivity index (χ1) is 7.13. The van der Waals surface area contributed by atoms with Crippen LogP contribution >= 0.6 is 0 Å². The van der Waals surface area contributed by atoms with E-state index in [0.717, 1.165) is 6.07 Å². The van der Waals surface area contributed by atoms with Crippen LogP contribution in [0.25, 0.3) is 0 Å². The quantitative estimate of drug-likeness (QED) is 0.822. The second kappa shape index (κ2) is 4.66. The van der Waals surface area contributed by atoms with E-state index < -0.39 is 12.0 Å². The van der Waals surface area contributed by atoms with Crippen LogP contribution < -0.4 is 10.5 Å². The predicted molar refractivity (Wildman–Crippen MR) is 48.4 cm³/mol. The Bertz CT molecular complexity index is 401. The summed E-state index contributed by atoms with van der Waals surface area (Å²) in [7, 11) is 1.33. The zero-order valence-electron chi connectivity index (χ0n) is 8.00. The molecule has 0 aliphatic rings. The SMILES string of the molecule is COc1cc(C(F)F)c(C#N)nc1CN. The van der Waals surface area contributed by atoms with E-state index >= 15 is 0 Å². The van der Waals surface area contributed by atoms with Crippen molar-refractivity contribution >= 4 is 0 Å². The molecule has 1 aromatic heterocycles. The van der Waals surface area contributed by atoms with Crippen molar-refractivity contribution in [3.63, 3.8) is 0 Å². The van der Waals surface area contributed by atoms with Crippen LogP contribution in [-0.2, 0) is 6.54 Å². The second-order valence-corrected chi connectivity index (χ2v) is 2.69. The molecule has 4 nitrogen and oxygen atoms in total. The van der Waals surface area contributed by atoms with Crippen LogP contribution in [0.3, 0.4) is 0 Å². The van der Waals surface area contributed by atoms with Gasteiger partial charge in [0.05, 0.1) is 18.4 Å². The smallest absolute Gasteiger partial charge is 0.266 e. The highest BCUT2D eigenvalue weighted by molar-refractivity contribution is 5.41. The number of nitrogens with two attached hydrogens (primary N) is 1. The maximum atomic E-state index is 12.5. The maximum absolute atomic E-state index is 12.5. The molecule has 1 heterocycles. The molecule has 0 fully saturated rings. The molecule has 0 aromatic carbocycles. The number of alkyl halides is 2. The van der Waals surface area contributed by atoms with Crippen LogP contribution in [0.4, 0.5) is 8.78 Å². The number of rotatable bonds is 3. The minimum atomic E-state index is -2.76. The van der Waals surface area contributed by atoms with Gasteiger partial charge in [-0.3, -0.25) is 0 Å². The van der Waals surface area contributed by atoms with Gasteiger partial charge in [0, 0.05) is 6.54 Å². The van der Waals surface area contributed by atoms with Crippen LogP contribution in [0.15, 0.2) is 6.07 Å². The van der Waals surface area contributed by atoms with Crippen molar-refractivity contribution in [2.24, 2.45) is 5.73 Å². The Morgan fingerprint density at radius 2 is 2.33 bits per heavy atom. The van der Waals surface area contributed by atoms with Crippen molar-refractivity contribution in [3.8, 4) is 11.8 Å². The van der Waals surface area contributed by atoms with Crippen molar-refractivity contribution < 1.29 is 13.5 Å². The van der Waals surface area contributed by atoms with E-state index in [1.54, 1.807) is 6.07 Å². The van der Waals surface area contributed by atoms with Crippen LogP contribution in [0.5, 0.6) is 5.75 Å². The van der Waals surface area contributed by atoms with Gasteiger partial charge in [-0.15, -0.1) is 0 Å². The Hall–Kier alpha value is -1.74. The molecule has 6 heteroatoms. The monoisotopic (exact) mass is 213 g/mol. The van der Waals surface area contributed by atoms with E-state index in [0.29, 0.717) is 5.69 Å². The first kappa shape index (κ1) is 11.3. The Labute approximate surface area is 85.3 Å². The normalized spacial score (nSPS) is 10.1. The number of pyridine rings is 1. The number of halogens is 2. The van der Waals surface area contributed by atoms with E-state index in [-0.39, 0.29) is 18.0 Å². The van der Waals surface area contributed by atoms with E-state index in [4.69, 9.17) is 15.7 Å². The highest BCUT2D eigenvalue weighted by Crippen LogP contribution is 2.27. The predicted octanol–water partition coefficient (Wildman–Crippen LogP) is 1.36. The fourth-order valence-electron chi connectivity index (χ4n) is 1.13. The first-order valence-electron chi connectivity index (χ1n) is 4.10. The standard InChI is InChI=1S/C9H9F2N3O/c1-15-8-2-5(9(10)11)6(3-12)14-7(8)4-13/h2,9H,4,13H2,1H3. The molecule has 80 valence electrons. The summed E-state index contributed by atoms with van der Waals surface area (Å²) in [4.78, 5) is 3.71. The molecular formula is C9H9F2N3O. The first-order valence-corrected chi connectivity index (χ1v) is 4.10. The largest absolute Gasteiger partial charge is 0.495 e. The molecule has 1 aromatic rings. The third kappa shape index (κ3) is 2.19. The lowest BCUT2D eigenvalue weighted by Gasteiger charge is -2.09. The van der Waals surface area contributed by atoms with E-state index in [1.807, 2.05) is 0 Å². The van der Waals surface area contributed by atoms with Gasteiger partial charge in [0.25, 0.3) is 6.43 Å². The van der Waals surface area contributed by atoms with Gasteiger partial charge in [-0.2, -0.15) is 5.26 Å². The molecule has 0 atom stereocenters. The van der Waals surface area contributed by atoms with E-state index in [9.17, 15) is 8.78 Å². The summed E-state index contributed by atoms with van der Waals surface area (Å²) in [5.41, 5.74) is 4.87. The molecule has 1 rings (SSSR count). The summed E-state index contributed by atoms with van der Waals surface area (Å²) in [5.74, 6) is 0.173. The van der Waals surface area contributed by atoms with Gasteiger partial charge in [0.15, 0.2) is 0 Å². The van der Waals surface area contributed by atoms with Crippen LogP contribution in [0.2, 0.25) is 0 Å². The van der Waals surface area contributed by atoms with Crippen molar-refractivity contribution in [2.45, 2.75) is 13.0 Å². The molecule has 0 radical (unpaired) electrons. The Morgan fingerprint density at radius 3 is 2.73 bits per heavy atom. The highest BCUT2D eigenvalue weighted by atomic mass is 19.3. The number of hydrogen-bond donors (Lipinski definition) is 1. The lowest BCUT2D eigenvalue weighted by atomic mass is 10.1. The number of ether oxygens (including phenoxy) is 1. The summed E-state index contributed by atoms with van der Waals surface area (Å²) in [6.45, 7) is 0.0291. The second-order valence-electron chi connectivity index (χ2n) is 2.69. The molecule has 0 bridgehead atoms. The fraction of sp³-hybridized carbons (Fsp3) is 0.333. The lowest BCUT2D eigenvalue weighted by Crippen LogP contribution is -2.06. The summed E-state index contributed by atoms with van der Waals surface area (Å²) < 4.78 is 29.8. The summed E-state index contributed by atoms with van der Waals surface area (Å²) in [5, 5.41) is 8.62. The fourth-order valence-corrected chi connectivity index (χ4v) is 1.13. The summed E-state index contributed by atoms with van der Waals surface area (Å²) in [6.07, 6.45) is -2.76. The molecule has 0 aliphatic carbocycles. The van der Waals surface area contributed by atoms with Crippen molar-refractivity contribution in [1.29, 1.82) is 5.26 Å². The minimum Gasteiger partial charge on any atom is -0.495 e. The maximum Gasteiger partial charge on any atom is 0.266 e. The molecule has 0 unspecified atom stereocenters. The Kier molecular flexibility index (Phi) is 3.52. The van der Waals surface area contributed by atoms with Crippen LogP contribution in [0.1, 0.15) is 23.4 Å². The Balaban J connectivity index is 3.36. The average Bonchev–Trinajstić information content (AvgIpc) is 2.26. The molecule has 0 saturated heterocycles. The van der Waals surface area contributed by atoms with Crippen LogP contribution in [0, 0.1) is 11.3 Å². The number of nitrogens with zero attached hydrogens (tertiary/aromatic N) is 2. The van der Waals surface area contributed by atoms with Crippen molar-refractivity contribution in [3.05, 3.63) is 23.0 Å². The molecule has 0 saturated carbocycles. The van der Waals surface area contributed by atoms with Gasteiger partial charge < -0.3 is 10.5 Å². The van der Waals surface area contributed by atoms with Gasteiger partial charge in [-0.25, -0.2) is 13.8 Å². The molecule has 2 N–H and O–H groups in total. The zero-order chi connectivity index (χ0) is 11.4. The molecular weight excluding hydrogens is 204 g/mol. The molecule has 15 heavy (non-hydrogen) atoms. The van der Waals surface area contributed by atoms with E-state index in [2.05, 4.69) is 4.98 Å². The zero-order valence-corrected chi connectivity index (χ0v) is 8.00. The Morgan fingerprint density at radius 1 is 1.67 bits per heavy atom. The average molecular weight is 213 g/mol. The molecule has 0 amide bonds. The highest BCUT2D eigenvalue weighted by Gasteiger charge is 2.18. The molecule has 0 spiro atoms. The van der Waals surface area contributed by atoms with Gasteiger partial charge in [0.2, 0.25) is 0 Å². The summed E-state index contributed by atoms with van der Waals surface area (Å²) >= 11 is 0. The number of hydrogen-bond acceptors (Lipinski definition) is 4. The van der Waals surface area contributed by atoms with Crippen molar-refractivity contribution in [1.82, 2.24) is 4.98 Å². The van der Waals surface area contributed by atoms with Gasteiger partial charge in [-0.1, -0.05) is 0 Å².